The average molecular weight is 253 g/mol. The van der Waals surface area contributed by atoms with Crippen molar-refractivity contribution in [3.63, 3.8) is 0 Å². The molecule has 4 nitrogen and oxygen atoms in total. The Hall–Kier alpha value is -1.35. The van der Waals surface area contributed by atoms with Crippen LogP contribution in [0, 0.1) is 11.8 Å². The van der Waals surface area contributed by atoms with Crippen LogP contribution in [-0.4, -0.2) is 26.7 Å². The van der Waals surface area contributed by atoms with Crippen LogP contribution < -0.4 is 4.72 Å². The van der Waals surface area contributed by atoms with E-state index in [1.165, 1.54) is 0 Å². The molecule has 1 aromatic carbocycles. The van der Waals surface area contributed by atoms with E-state index >= 15 is 0 Å². The van der Waals surface area contributed by atoms with E-state index in [0.29, 0.717) is 6.42 Å². The fraction of sp³-hybridized carbons (Fsp3) is 0.333. The average Bonchev–Trinajstić information content (AvgIpc) is 2.34. The van der Waals surface area contributed by atoms with Crippen molar-refractivity contribution < 1.29 is 13.5 Å². The van der Waals surface area contributed by atoms with Crippen molar-refractivity contribution in [3.8, 4) is 11.8 Å². The summed E-state index contributed by atoms with van der Waals surface area (Å²) in [4.78, 5) is 0.285. The van der Waals surface area contributed by atoms with Gasteiger partial charge in [0.15, 0.2) is 0 Å². The van der Waals surface area contributed by atoms with Crippen molar-refractivity contribution >= 4 is 10.0 Å². The number of hydrogen-bond acceptors (Lipinski definition) is 3. The van der Waals surface area contributed by atoms with Crippen molar-refractivity contribution in [2.45, 2.75) is 18.2 Å². The van der Waals surface area contributed by atoms with Gasteiger partial charge >= 0.3 is 0 Å². The Morgan fingerprint density at radius 1 is 1.29 bits per heavy atom. The summed E-state index contributed by atoms with van der Waals surface area (Å²) in [7, 11) is -3.52. The lowest BCUT2D eigenvalue weighted by atomic mass is 10.2. The lowest BCUT2D eigenvalue weighted by Crippen LogP contribution is -2.25. The summed E-state index contributed by atoms with van der Waals surface area (Å²) in [5.41, 5.74) is 0.773. The molecular weight excluding hydrogens is 238 g/mol. The zero-order valence-electron chi connectivity index (χ0n) is 9.60. The third-order valence-electron chi connectivity index (χ3n) is 2.20. The highest BCUT2D eigenvalue weighted by Crippen LogP contribution is 2.15. The fourth-order valence-electron chi connectivity index (χ4n) is 1.39. The van der Waals surface area contributed by atoms with Crippen LogP contribution in [0.1, 0.15) is 12.5 Å². The van der Waals surface area contributed by atoms with Crippen LogP contribution in [-0.2, 0) is 16.4 Å². The second-order valence-corrected chi connectivity index (χ2v) is 5.03. The maximum atomic E-state index is 11.9. The predicted molar refractivity (Wildman–Crippen MR) is 65.9 cm³/mol. The summed E-state index contributed by atoms with van der Waals surface area (Å²) in [6.07, 6.45) is 0.652. The van der Waals surface area contributed by atoms with Gasteiger partial charge in [0.05, 0.1) is 11.4 Å². The van der Waals surface area contributed by atoms with Crippen LogP contribution in [0.15, 0.2) is 29.2 Å². The van der Waals surface area contributed by atoms with Crippen LogP contribution >= 0.6 is 0 Å². The molecule has 0 saturated carbocycles. The predicted octanol–water partition coefficient (Wildman–Crippen LogP) is 0.523. The zero-order chi connectivity index (χ0) is 12.7. The number of nitrogens with one attached hydrogen (secondary N) is 1. The molecule has 1 rings (SSSR count). The first-order chi connectivity index (χ1) is 8.11. The molecule has 0 bridgehead atoms. The van der Waals surface area contributed by atoms with Gasteiger partial charge in [-0.1, -0.05) is 37.0 Å². The molecule has 92 valence electrons. The Morgan fingerprint density at radius 3 is 2.65 bits per heavy atom. The van der Waals surface area contributed by atoms with Crippen molar-refractivity contribution in [1.29, 1.82) is 0 Å². The maximum absolute atomic E-state index is 11.9. The molecule has 17 heavy (non-hydrogen) atoms. The van der Waals surface area contributed by atoms with E-state index in [0.717, 1.165) is 5.56 Å². The van der Waals surface area contributed by atoms with Crippen LogP contribution in [0.25, 0.3) is 0 Å². The fourth-order valence-corrected chi connectivity index (χ4v) is 2.62. The highest BCUT2D eigenvalue weighted by Gasteiger charge is 2.15. The molecule has 5 heteroatoms. The molecule has 0 amide bonds. The monoisotopic (exact) mass is 253 g/mol. The van der Waals surface area contributed by atoms with Crippen LogP contribution in [0.5, 0.6) is 0 Å². The number of hydrogen-bond donors (Lipinski definition) is 2. The molecule has 0 spiro atoms. The number of aryl methyl sites for hydroxylation is 1. The highest BCUT2D eigenvalue weighted by atomic mass is 32.2. The summed E-state index contributed by atoms with van der Waals surface area (Å²) < 4.78 is 26.2. The van der Waals surface area contributed by atoms with Gasteiger partial charge in [0.2, 0.25) is 10.0 Å². The van der Waals surface area contributed by atoms with Gasteiger partial charge in [-0.2, -0.15) is 4.72 Å². The summed E-state index contributed by atoms with van der Waals surface area (Å²) >= 11 is 0. The molecule has 0 atom stereocenters. The minimum atomic E-state index is -3.52. The van der Waals surface area contributed by atoms with Gasteiger partial charge in [-0.25, -0.2) is 8.42 Å². The number of aliphatic hydroxyl groups excluding tert-OH is 1. The third-order valence-corrected chi connectivity index (χ3v) is 3.70. The Morgan fingerprint density at radius 2 is 2.00 bits per heavy atom. The zero-order valence-corrected chi connectivity index (χ0v) is 10.4. The van der Waals surface area contributed by atoms with Crippen LogP contribution in [0.4, 0.5) is 0 Å². The summed E-state index contributed by atoms with van der Waals surface area (Å²) in [6, 6.07) is 6.85. The number of rotatable bonds is 4. The molecule has 0 unspecified atom stereocenters. The van der Waals surface area contributed by atoms with Gasteiger partial charge in [0, 0.05) is 0 Å². The van der Waals surface area contributed by atoms with Gasteiger partial charge < -0.3 is 5.11 Å². The van der Waals surface area contributed by atoms with Crippen LogP contribution in [0.3, 0.4) is 0 Å². The van der Waals surface area contributed by atoms with E-state index in [-0.39, 0.29) is 18.0 Å². The smallest absolute Gasteiger partial charge is 0.241 e. The first-order valence-corrected chi connectivity index (χ1v) is 6.74. The first-order valence-electron chi connectivity index (χ1n) is 5.26. The molecule has 0 aliphatic heterocycles. The van der Waals surface area contributed by atoms with Crippen LogP contribution in [0.2, 0.25) is 0 Å². The topological polar surface area (TPSA) is 66.4 Å². The van der Waals surface area contributed by atoms with E-state index in [4.69, 9.17) is 5.11 Å². The third kappa shape index (κ3) is 3.86. The Bertz CT molecular complexity index is 526. The lowest BCUT2D eigenvalue weighted by Gasteiger charge is -2.08. The van der Waals surface area contributed by atoms with Crippen molar-refractivity contribution in [2.75, 3.05) is 13.2 Å². The molecule has 0 aromatic heterocycles. The molecule has 2 N–H and O–H groups in total. The first kappa shape index (κ1) is 13.7. The molecule has 0 aliphatic rings. The molecule has 0 fully saturated rings. The molecule has 1 aromatic rings. The molecule has 0 radical (unpaired) electrons. The molecule has 0 aliphatic carbocycles. The van der Waals surface area contributed by atoms with E-state index < -0.39 is 10.0 Å². The summed E-state index contributed by atoms with van der Waals surface area (Å²) in [5.74, 6) is 4.89. The van der Waals surface area contributed by atoms with Crippen molar-refractivity contribution in [2.24, 2.45) is 0 Å². The summed E-state index contributed by atoms with van der Waals surface area (Å²) in [5, 5.41) is 8.44. The largest absolute Gasteiger partial charge is 0.384 e. The van der Waals surface area contributed by atoms with Gasteiger partial charge in [-0.15, -0.1) is 0 Å². The SMILES string of the molecule is CCc1ccccc1S(=O)(=O)NCC#CCO. The van der Waals surface area contributed by atoms with E-state index in [2.05, 4.69) is 16.6 Å². The second-order valence-electron chi connectivity index (χ2n) is 3.30. The Kier molecular flexibility index (Phi) is 5.16. The second kappa shape index (κ2) is 6.40. The Labute approximate surface area is 102 Å². The van der Waals surface area contributed by atoms with E-state index in [1.54, 1.807) is 18.2 Å². The number of sulfonamides is 1. The minimum Gasteiger partial charge on any atom is -0.384 e. The maximum Gasteiger partial charge on any atom is 0.241 e. The standard InChI is InChI=1S/C12H15NO3S/c1-2-11-7-3-4-8-12(11)17(15,16)13-9-5-6-10-14/h3-4,7-8,13-14H,2,9-10H2,1H3. The van der Waals surface area contributed by atoms with Gasteiger partial charge in [0.1, 0.15) is 6.61 Å². The van der Waals surface area contributed by atoms with E-state index in [1.807, 2.05) is 13.0 Å². The normalized spacial score (nSPS) is 10.7. The van der Waals surface area contributed by atoms with Crippen molar-refractivity contribution in [3.05, 3.63) is 29.8 Å². The highest BCUT2D eigenvalue weighted by molar-refractivity contribution is 7.89. The molecule has 0 heterocycles. The number of aliphatic hydroxyl groups is 1. The van der Waals surface area contributed by atoms with Crippen molar-refractivity contribution in [1.82, 2.24) is 4.72 Å². The van der Waals surface area contributed by atoms with Gasteiger partial charge in [-0.3, -0.25) is 0 Å². The Balaban J connectivity index is 2.89. The van der Waals surface area contributed by atoms with Gasteiger partial charge in [-0.05, 0) is 18.1 Å². The molecular formula is C12H15NO3S. The molecule has 0 saturated heterocycles. The minimum absolute atomic E-state index is 0.000934. The lowest BCUT2D eigenvalue weighted by molar-refractivity contribution is 0.350. The quantitative estimate of drug-likeness (QED) is 0.769. The van der Waals surface area contributed by atoms with Gasteiger partial charge in [0.25, 0.3) is 0 Å². The van der Waals surface area contributed by atoms with E-state index in [9.17, 15) is 8.42 Å². The number of benzene rings is 1. The summed E-state index contributed by atoms with van der Waals surface area (Å²) in [6.45, 7) is 1.63.